The number of nitriles is 5. The van der Waals surface area contributed by atoms with Gasteiger partial charge in [-0.05, 0) is 184 Å². The molecule has 0 saturated carbocycles. The van der Waals surface area contributed by atoms with Crippen LogP contribution in [-0.2, 0) is 6.18 Å². The zero-order valence-electron chi connectivity index (χ0n) is 44.3. The Morgan fingerprint density at radius 2 is 0.647 bits per heavy atom. The molecule has 0 bridgehead atoms. The van der Waals surface area contributed by atoms with Gasteiger partial charge in [-0.1, -0.05) is 54.6 Å². The van der Waals surface area contributed by atoms with Gasteiger partial charge in [-0.3, -0.25) is 0 Å². The van der Waals surface area contributed by atoms with Crippen LogP contribution in [-0.4, -0.2) is 9.13 Å². The monoisotopic (exact) mass is 1100 g/mol. The fourth-order valence-electron chi connectivity index (χ4n) is 11.3. The van der Waals surface area contributed by atoms with Gasteiger partial charge in [0.2, 0.25) is 0 Å². The maximum absolute atomic E-state index is 14.8. The summed E-state index contributed by atoms with van der Waals surface area (Å²) in [4.78, 5) is 14.6. The lowest BCUT2D eigenvalue weighted by Gasteiger charge is -2.23. The molecule has 0 aliphatic rings. The molecular weight excluding hydrogens is 1060 g/mol. The van der Waals surface area contributed by atoms with E-state index in [1.165, 1.54) is 30.3 Å². The van der Waals surface area contributed by atoms with Gasteiger partial charge in [-0.2, -0.15) is 39.5 Å². The van der Waals surface area contributed by atoms with E-state index >= 15 is 0 Å². The summed E-state index contributed by atoms with van der Waals surface area (Å²) in [7, 11) is 0. The number of aryl methyl sites for hydroxylation is 1. The van der Waals surface area contributed by atoms with Gasteiger partial charge in [-0.15, -0.1) is 0 Å². The summed E-state index contributed by atoms with van der Waals surface area (Å²) in [6.07, 6.45) is -4.73. The van der Waals surface area contributed by atoms with Crippen LogP contribution in [0.4, 0.5) is 35.9 Å². The average Bonchev–Trinajstić information content (AvgIpc) is 1.84. The molecule has 2 aromatic heterocycles. The molecule has 14 heteroatoms. The lowest BCUT2D eigenvalue weighted by molar-refractivity contribution is -0.137. The highest BCUT2D eigenvalue weighted by Crippen LogP contribution is 2.47. The Bertz CT molecular complexity index is 4690. The standard InChI is InChI=1S/C71H32F3N11/c1-40-16-54(71(72,73)74)10-15-59(40)70-68(84-64-31-46(50-17-41(35-75)21-55(27-50)80-2)6-11-60(64)61-12-7-47(32-65(61)84)51-18-42(36-76)22-56(28-51)81-3)25-45(39-79)26-69(70)85-66-33-48(52-19-43(37-77)23-57(29-52)82-4)8-13-62(66)63-14-9-49(34-67(63)85)53-20-44(38-78)24-58(30-53)83-5/h6-34H,1H3. The summed E-state index contributed by atoms with van der Waals surface area (Å²) in [6, 6.07) is 59.9. The second-order valence-electron chi connectivity index (χ2n) is 20.1. The number of rotatable bonds is 7. The molecule has 392 valence electrons. The van der Waals surface area contributed by atoms with Crippen LogP contribution in [0, 0.1) is 89.9 Å². The molecule has 0 fully saturated rings. The summed E-state index contributed by atoms with van der Waals surface area (Å²) in [5.74, 6) is 0. The predicted octanol–water partition coefficient (Wildman–Crippen LogP) is 19.1. The molecule has 10 aromatic carbocycles. The minimum atomic E-state index is -4.73. The summed E-state index contributed by atoms with van der Waals surface area (Å²) < 4.78 is 48.3. The van der Waals surface area contributed by atoms with E-state index in [4.69, 9.17) is 26.3 Å². The topological polar surface area (TPSA) is 146 Å². The highest BCUT2D eigenvalue weighted by molar-refractivity contribution is 6.14. The van der Waals surface area contributed by atoms with Crippen LogP contribution in [0.1, 0.15) is 38.9 Å². The number of nitrogens with zero attached hydrogens (tertiary/aromatic N) is 11. The van der Waals surface area contributed by atoms with E-state index in [-0.39, 0.29) is 56.1 Å². The number of halogens is 3. The van der Waals surface area contributed by atoms with E-state index in [0.717, 1.165) is 12.1 Å². The Morgan fingerprint density at radius 3 is 0.906 bits per heavy atom. The molecule has 2 heterocycles. The van der Waals surface area contributed by atoms with Crippen LogP contribution in [0.5, 0.6) is 0 Å². The molecule has 85 heavy (non-hydrogen) atoms. The maximum Gasteiger partial charge on any atom is 0.416 e. The van der Waals surface area contributed by atoms with Gasteiger partial charge in [0.15, 0.2) is 22.7 Å². The Kier molecular flexibility index (Phi) is 12.8. The first-order valence-corrected chi connectivity index (χ1v) is 25.8. The van der Waals surface area contributed by atoms with Crippen LogP contribution in [0.25, 0.3) is 130 Å². The van der Waals surface area contributed by atoms with E-state index < -0.39 is 11.7 Å². The third-order valence-electron chi connectivity index (χ3n) is 15.1. The molecule has 0 saturated heterocycles. The van der Waals surface area contributed by atoms with Crippen molar-refractivity contribution in [3.05, 3.63) is 261 Å². The Morgan fingerprint density at radius 1 is 0.353 bits per heavy atom. The first-order chi connectivity index (χ1) is 41.2. The normalized spacial score (nSPS) is 11.0. The molecule has 0 N–H and O–H groups in total. The predicted molar refractivity (Wildman–Crippen MR) is 321 cm³/mol. The van der Waals surface area contributed by atoms with Crippen molar-refractivity contribution >= 4 is 66.4 Å². The van der Waals surface area contributed by atoms with Crippen molar-refractivity contribution in [3.63, 3.8) is 0 Å². The van der Waals surface area contributed by atoms with E-state index in [0.29, 0.717) is 111 Å². The Labute approximate surface area is 483 Å². The molecule has 0 amide bonds. The second-order valence-corrected chi connectivity index (χ2v) is 20.1. The molecule has 0 aliphatic carbocycles. The van der Waals surface area contributed by atoms with E-state index in [1.807, 2.05) is 81.9 Å². The highest BCUT2D eigenvalue weighted by atomic mass is 19.4. The quantitative estimate of drug-likeness (QED) is 0.146. The molecule has 11 nitrogen and oxygen atoms in total. The van der Waals surface area contributed by atoms with Gasteiger partial charge < -0.3 is 9.13 Å². The van der Waals surface area contributed by atoms with Gasteiger partial charge in [-0.25, -0.2) is 19.4 Å². The van der Waals surface area contributed by atoms with Gasteiger partial charge >= 0.3 is 6.18 Å². The van der Waals surface area contributed by atoms with E-state index in [1.54, 1.807) is 67.6 Å². The summed E-state index contributed by atoms with van der Waals surface area (Å²) in [6.45, 7) is 33.1. The third kappa shape index (κ3) is 9.17. The summed E-state index contributed by atoms with van der Waals surface area (Å²) in [5.41, 5.74) is 9.74. The van der Waals surface area contributed by atoms with Gasteiger partial charge in [0.25, 0.3) is 0 Å². The Hall–Kier alpha value is -13.0. The maximum atomic E-state index is 14.8. The molecular formula is C71H32F3N11. The molecule has 0 atom stereocenters. The first-order valence-electron chi connectivity index (χ1n) is 25.8. The molecule has 12 aromatic rings. The number of hydrogen-bond acceptors (Lipinski definition) is 5. The SMILES string of the molecule is [C-]#[N+]c1cc(C#N)cc(-c2ccc3c4ccc(-c5cc(C#N)cc([N+]#[C-])c5)cc4n(-c4cc(C#N)cc(-n5c6cc(-c7cc(C#N)cc([N+]#[C-])c7)ccc6c6ccc(-c7cc(C#N)cc([N+]#[C-])c7)cc65)c4-c4ccc(C(F)(F)F)cc4C)c3c2)c1. The van der Waals surface area contributed by atoms with E-state index in [2.05, 4.69) is 49.7 Å². The lowest BCUT2D eigenvalue weighted by Crippen LogP contribution is -2.08. The van der Waals surface area contributed by atoms with Crippen molar-refractivity contribution in [2.75, 3.05) is 0 Å². The zero-order valence-corrected chi connectivity index (χ0v) is 44.3. The van der Waals surface area contributed by atoms with Crippen LogP contribution in [0.3, 0.4) is 0 Å². The number of fused-ring (bicyclic) bond motifs is 6. The fraction of sp³-hybridized carbons (Fsp3) is 0.0282. The summed E-state index contributed by atoms with van der Waals surface area (Å²) >= 11 is 0. The number of alkyl halides is 3. The molecule has 0 spiro atoms. The van der Waals surface area contributed by atoms with Gasteiger partial charge in [0.05, 0.1) is 101 Å². The Balaban J connectivity index is 1.28. The number of benzene rings is 10. The third-order valence-corrected chi connectivity index (χ3v) is 15.1. The molecule has 0 aliphatic heterocycles. The van der Waals surface area contributed by atoms with Crippen molar-refractivity contribution in [2.24, 2.45) is 0 Å². The van der Waals surface area contributed by atoms with Crippen LogP contribution in [0.15, 0.2) is 176 Å². The van der Waals surface area contributed by atoms with Gasteiger partial charge in [0, 0.05) is 49.4 Å². The van der Waals surface area contributed by atoms with Crippen LogP contribution >= 0.6 is 0 Å². The number of aromatic nitrogens is 2. The number of hydrogen-bond donors (Lipinski definition) is 0. The van der Waals surface area contributed by atoms with Crippen LogP contribution < -0.4 is 0 Å². The zero-order chi connectivity index (χ0) is 59.4. The lowest BCUT2D eigenvalue weighted by atomic mass is 9.93. The minimum Gasteiger partial charge on any atom is -0.308 e. The molecule has 0 radical (unpaired) electrons. The van der Waals surface area contributed by atoms with Gasteiger partial charge in [0.1, 0.15) is 0 Å². The van der Waals surface area contributed by atoms with Crippen molar-refractivity contribution in [2.45, 2.75) is 13.1 Å². The molecule has 0 unspecified atom stereocenters. The first kappa shape index (κ1) is 52.7. The molecule has 12 rings (SSSR count). The smallest absolute Gasteiger partial charge is 0.308 e. The minimum absolute atomic E-state index is 0.140. The highest BCUT2D eigenvalue weighted by Gasteiger charge is 2.32. The van der Waals surface area contributed by atoms with Crippen molar-refractivity contribution in [1.29, 1.82) is 26.3 Å². The van der Waals surface area contributed by atoms with Crippen molar-refractivity contribution in [3.8, 4) is 97.4 Å². The van der Waals surface area contributed by atoms with E-state index in [9.17, 15) is 39.5 Å². The second kappa shape index (κ2) is 20.6. The van der Waals surface area contributed by atoms with Crippen molar-refractivity contribution in [1.82, 2.24) is 9.13 Å². The summed E-state index contributed by atoms with van der Waals surface area (Å²) in [5, 5.41) is 54.5. The largest absolute Gasteiger partial charge is 0.416 e. The average molecular weight is 1100 g/mol. The van der Waals surface area contributed by atoms with Crippen LogP contribution in [0.2, 0.25) is 0 Å². The van der Waals surface area contributed by atoms with Crippen molar-refractivity contribution < 1.29 is 13.2 Å². The fourth-order valence-corrected chi connectivity index (χ4v) is 11.3.